The van der Waals surface area contributed by atoms with Crippen molar-refractivity contribution in [1.82, 2.24) is 10.3 Å². The highest BCUT2D eigenvalue weighted by Gasteiger charge is 2.19. The lowest BCUT2D eigenvalue weighted by atomic mass is 9.84. The van der Waals surface area contributed by atoms with Gasteiger partial charge < -0.3 is 10.3 Å². The molecule has 1 saturated carbocycles. The molecule has 2 N–H and O–H groups in total. The Labute approximate surface area is 92.5 Å². The van der Waals surface area contributed by atoms with Gasteiger partial charge in [0.25, 0.3) is 0 Å². The Kier molecular flexibility index (Phi) is 3.84. The molecule has 0 saturated heterocycles. The fourth-order valence-corrected chi connectivity index (χ4v) is 2.58. The molecule has 1 heterocycles. The minimum Gasteiger partial charge on any atom is -0.364 e. The number of aromatic nitrogens is 1. The maximum absolute atomic E-state index is 3.66. The third kappa shape index (κ3) is 3.10. The molecule has 15 heavy (non-hydrogen) atoms. The maximum Gasteiger partial charge on any atom is 0.0359 e. The van der Waals surface area contributed by atoms with Gasteiger partial charge >= 0.3 is 0 Å². The van der Waals surface area contributed by atoms with E-state index in [1.165, 1.54) is 37.8 Å². The number of H-pyrrole nitrogens is 1. The summed E-state index contributed by atoms with van der Waals surface area (Å²) in [7, 11) is 0. The van der Waals surface area contributed by atoms with Gasteiger partial charge in [-0.1, -0.05) is 26.2 Å². The second-order valence-corrected chi connectivity index (χ2v) is 4.71. The highest BCUT2D eigenvalue weighted by molar-refractivity contribution is 5.03. The first-order chi connectivity index (χ1) is 7.38. The van der Waals surface area contributed by atoms with Crippen molar-refractivity contribution < 1.29 is 0 Å². The molecule has 0 aromatic carbocycles. The van der Waals surface area contributed by atoms with Crippen molar-refractivity contribution >= 4 is 0 Å². The molecule has 0 aliphatic heterocycles. The summed E-state index contributed by atoms with van der Waals surface area (Å²) in [5.74, 6) is 0.958. The topological polar surface area (TPSA) is 27.8 Å². The molecule has 2 rings (SSSR count). The fourth-order valence-electron chi connectivity index (χ4n) is 2.58. The van der Waals surface area contributed by atoms with Gasteiger partial charge in [-0.05, 0) is 30.9 Å². The third-order valence-corrected chi connectivity index (χ3v) is 3.60. The summed E-state index contributed by atoms with van der Waals surface area (Å²) < 4.78 is 0. The summed E-state index contributed by atoms with van der Waals surface area (Å²) in [5.41, 5.74) is 1.30. The normalized spacial score (nSPS) is 26.7. The van der Waals surface area contributed by atoms with Crippen LogP contribution >= 0.6 is 0 Å². The van der Waals surface area contributed by atoms with Crippen LogP contribution in [0.1, 0.15) is 44.7 Å². The van der Waals surface area contributed by atoms with Gasteiger partial charge in [-0.25, -0.2) is 0 Å². The predicted molar refractivity (Wildman–Crippen MR) is 63.7 cm³/mol. The van der Waals surface area contributed by atoms with Gasteiger partial charge in [0, 0.05) is 24.5 Å². The lowest BCUT2D eigenvalue weighted by Gasteiger charge is -2.29. The number of rotatable bonds is 4. The van der Waals surface area contributed by atoms with Gasteiger partial charge in [0.2, 0.25) is 0 Å². The zero-order valence-electron chi connectivity index (χ0n) is 9.63. The van der Waals surface area contributed by atoms with E-state index in [0.29, 0.717) is 0 Å². The van der Waals surface area contributed by atoms with E-state index < -0.39 is 0 Å². The standard InChI is InChI=1S/C13H22N2/c1-2-11-5-3-6-12(9-11)15-10-13-7-4-8-14-13/h4,7-8,11-12,14-15H,2-3,5-6,9-10H2,1H3. The van der Waals surface area contributed by atoms with Crippen LogP contribution in [0.2, 0.25) is 0 Å². The molecule has 1 aromatic rings. The molecule has 0 radical (unpaired) electrons. The van der Waals surface area contributed by atoms with Crippen molar-refractivity contribution in [1.29, 1.82) is 0 Å². The van der Waals surface area contributed by atoms with Crippen LogP contribution in [0.5, 0.6) is 0 Å². The van der Waals surface area contributed by atoms with Crippen molar-refractivity contribution in [3.8, 4) is 0 Å². The minimum atomic E-state index is 0.743. The van der Waals surface area contributed by atoms with Gasteiger partial charge in [0.15, 0.2) is 0 Å². The van der Waals surface area contributed by atoms with Crippen LogP contribution in [-0.2, 0) is 6.54 Å². The third-order valence-electron chi connectivity index (χ3n) is 3.60. The lowest BCUT2D eigenvalue weighted by Crippen LogP contribution is -2.33. The van der Waals surface area contributed by atoms with Gasteiger partial charge in [-0.15, -0.1) is 0 Å². The first kappa shape index (κ1) is 10.7. The summed E-state index contributed by atoms with van der Waals surface area (Å²) in [6.45, 7) is 3.31. The molecule has 0 bridgehead atoms. The van der Waals surface area contributed by atoms with E-state index in [9.17, 15) is 0 Å². The van der Waals surface area contributed by atoms with E-state index in [0.717, 1.165) is 18.5 Å². The maximum atomic E-state index is 3.66. The van der Waals surface area contributed by atoms with Crippen LogP contribution in [-0.4, -0.2) is 11.0 Å². The smallest absolute Gasteiger partial charge is 0.0359 e. The van der Waals surface area contributed by atoms with Crippen molar-refractivity contribution in [3.05, 3.63) is 24.0 Å². The van der Waals surface area contributed by atoms with Crippen LogP contribution in [0.25, 0.3) is 0 Å². The quantitative estimate of drug-likeness (QED) is 0.778. The van der Waals surface area contributed by atoms with Crippen molar-refractivity contribution in [2.45, 2.75) is 51.6 Å². The van der Waals surface area contributed by atoms with Crippen LogP contribution in [0, 0.1) is 5.92 Å². The van der Waals surface area contributed by atoms with E-state index >= 15 is 0 Å². The summed E-state index contributed by atoms with van der Waals surface area (Å²) in [4.78, 5) is 3.24. The van der Waals surface area contributed by atoms with Crippen LogP contribution < -0.4 is 5.32 Å². The molecular weight excluding hydrogens is 184 g/mol. The summed E-state index contributed by atoms with van der Waals surface area (Å²) in [6.07, 6.45) is 8.92. The zero-order chi connectivity index (χ0) is 10.5. The summed E-state index contributed by atoms with van der Waals surface area (Å²) in [5, 5.41) is 3.66. The van der Waals surface area contributed by atoms with Crippen LogP contribution in [0.15, 0.2) is 18.3 Å². The van der Waals surface area contributed by atoms with Gasteiger partial charge in [-0.2, -0.15) is 0 Å². The second kappa shape index (κ2) is 5.36. The van der Waals surface area contributed by atoms with E-state index in [2.05, 4.69) is 29.4 Å². The fraction of sp³-hybridized carbons (Fsp3) is 0.692. The monoisotopic (exact) mass is 206 g/mol. The molecule has 0 spiro atoms. The molecule has 1 aromatic heterocycles. The van der Waals surface area contributed by atoms with Gasteiger partial charge in [0.05, 0.1) is 0 Å². The molecule has 2 atom stereocenters. The SMILES string of the molecule is CCC1CCCC(NCc2ccc[nH]2)C1. The number of hydrogen-bond donors (Lipinski definition) is 2. The van der Waals surface area contributed by atoms with E-state index in [1.54, 1.807) is 0 Å². The number of hydrogen-bond acceptors (Lipinski definition) is 1. The van der Waals surface area contributed by atoms with Crippen LogP contribution in [0.3, 0.4) is 0 Å². The van der Waals surface area contributed by atoms with Gasteiger partial charge in [-0.3, -0.25) is 0 Å². The Hall–Kier alpha value is -0.760. The highest BCUT2D eigenvalue weighted by atomic mass is 14.9. The second-order valence-electron chi connectivity index (χ2n) is 4.71. The first-order valence-corrected chi connectivity index (χ1v) is 6.24. The zero-order valence-corrected chi connectivity index (χ0v) is 9.63. The summed E-state index contributed by atoms with van der Waals surface area (Å²) in [6, 6.07) is 4.95. The largest absolute Gasteiger partial charge is 0.364 e. The van der Waals surface area contributed by atoms with Crippen molar-refractivity contribution in [2.75, 3.05) is 0 Å². The molecule has 84 valence electrons. The Morgan fingerprint density at radius 2 is 2.40 bits per heavy atom. The Bertz CT molecular complexity index is 266. The minimum absolute atomic E-state index is 0.743. The Morgan fingerprint density at radius 1 is 1.47 bits per heavy atom. The highest BCUT2D eigenvalue weighted by Crippen LogP contribution is 2.26. The number of aromatic amines is 1. The molecule has 2 nitrogen and oxygen atoms in total. The van der Waals surface area contributed by atoms with E-state index in [1.807, 2.05) is 6.20 Å². The lowest BCUT2D eigenvalue weighted by molar-refractivity contribution is 0.278. The molecule has 2 unspecified atom stereocenters. The van der Waals surface area contributed by atoms with Gasteiger partial charge in [0.1, 0.15) is 0 Å². The van der Waals surface area contributed by atoms with E-state index in [-0.39, 0.29) is 0 Å². The van der Waals surface area contributed by atoms with Crippen molar-refractivity contribution in [2.24, 2.45) is 5.92 Å². The average Bonchev–Trinajstić information content (AvgIpc) is 2.79. The first-order valence-electron chi connectivity index (χ1n) is 6.24. The molecule has 1 aliphatic rings. The number of nitrogens with one attached hydrogen (secondary N) is 2. The Balaban J connectivity index is 1.74. The summed E-state index contributed by atoms with van der Waals surface area (Å²) >= 11 is 0. The molecular formula is C13H22N2. The van der Waals surface area contributed by atoms with Crippen molar-refractivity contribution in [3.63, 3.8) is 0 Å². The molecule has 2 heteroatoms. The molecule has 1 fully saturated rings. The average molecular weight is 206 g/mol. The molecule has 0 amide bonds. The van der Waals surface area contributed by atoms with E-state index in [4.69, 9.17) is 0 Å². The molecule has 1 aliphatic carbocycles. The van der Waals surface area contributed by atoms with Crippen LogP contribution in [0.4, 0.5) is 0 Å². The Morgan fingerprint density at radius 3 is 3.13 bits per heavy atom. The predicted octanol–water partition coefficient (Wildman–Crippen LogP) is 3.07.